The maximum Gasteiger partial charge on any atom is 0.279 e. The number of hydrazine groups is 1. The predicted octanol–water partition coefficient (Wildman–Crippen LogP) is 0.746. The van der Waals surface area contributed by atoms with Crippen LogP contribution in [-0.2, 0) is 4.79 Å². The summed E-state index contributed by atoms with van der Waals surface area (Å²) in [6.07, 6.45) is 4.47. The lowest BCUT2D eigenvalue weighted by molar-refractivity contribution is -0.123. The lowest BCUT2D eigenvalue weighted by Gasteiger charge is -2.27. The van der Waals surface area contributed by atoms with Crippen LogP contribution in [0.5, 0.6) is 0 Å². The summed E-state index contributed by atoms with van der Waals surface area (Å²) in [6.45, 7) is 0.707. The SMILES string of the molecule is O=C(CN(CCO)C1CCCC1)NNC(=O)c1cccs1. The van der Waals surface area contributed by atoms with Crippen LogP contribution < -0.4 is 10.9 Å². The van der Waals surface area contributed by atoms with Gasteiger partial charge in [-0.3, -0.25) is 25.3 Å². The van der Waals surface area contributed by atoms with Crippen molar-refractivity contribution in [3.8, 4) is 0 Å². The second-order valence-electron chi connectivity index (χ2n) is 5.11. The van der Waals surface area contributed by atoms with E-state index in [-0.39, 0.29) is 25.0 Å². The molecule has 21 heavy (non-hydrogen) atoms. The molecule has 2 rings (SSSR count). The van der Waals surface area contributed by atoms with Gasteiger partial charge in [-0.25, -0.2) is 0 Å². The maximum atomic E-state index is 11.9. The molecule has 0 aromatic carbocycles. The van der Waals surface area contributed by atoms with Crippen molar-refractivity contribution in [2.45, 2.75) is 31.7 Å². The van der Waals surface area contributed by atoms with E-state index in [0.29, 0.717) is 17.5 Å². The Morgan fingerprint density at radius 3 is 2.71 bits per heavy atom. The number of hydrogen-bond donors (Lipinski definition) is 3. The number of amides is 2. The molecule has 2 amide bonds. The highest BCUT2D eigenvalue weighted by atomic mass is 32.1. The van der Waals surface area contributed by atoms with Gasteiger partial charge in [-0.2, -0.15) is 0 Å². The molecule has 6 nitrogen and oxygen atoms in total. The van der Waals surface area contributed by atoms with Gasteiger partial charge in [0.2, 0.25) is 0 Å². The summed E-state index contributed by atoms with van der Waals surface area (Å²) in [5.74, 6) is -0.576. The van der Waals surface area contributed by atoms with Crippen LogP contribution in [0.2, 0.25) is 0 Å². The number of rotatable bonds is 6. The molecule has 0 saturated heterocycles. The molecule has 116 valence electrons. The molecule has 1 aliphatic carbocycles. The van der Waals surface area contributed by atoms with Crippen molar-refractivity contribution >= 4 is 23.2 Å². The van der Waals surface area contributed by atoms with Crippen molar-refractivity contribution in [1.29, 1.82) is 0 Å². The minimum atomic E-state index is -0.312. The van der Waals surface area contributed by atoms with Crippen LogP contribution >= 0.6 is 11.3 Å². The van der Waals surface area contributed by atoms with Crippen LogP contribution in [0.15, 0.2) is 17.5 Å². The van der Waals surface area contributed by atoms with Gasteiger partial charge in [0, 0.05) is 12.6 Å². The van der Waals surface area contributed by atoms with Crippen LogP contribution in [-0.4, -0.2) is 47.6 Å². The fraction of sp³-hybridized carbons (Fsp3) is 0.571. The third-order valence-electron chi connectivity index (χ3n) is 3.64. The van der Waals surface area contributed by atoms with Crippen molar-refractivity contribution in [3.05, 3.63) is 22.4 Å². The molecule has 1 heterocycles. The molecule has 3 N–H and O–H groups in total. The van der Waals surface area contributed by atoms with Gasteiger partial charge in [0.25, 0.3) is 11.8 Å². The maximum absolute atomic E-state index is 11.9. The van der Waals surface area contributed by atoms with Gasteiger partial charge in [0.15, 0.2) is 0 Å². The molecular weight excluding hydrogens is 290 g/mol. The minimum Gasteiger partial charge on any atom is -0.395 e. The van der Waals surface area contributed by atoms with Gasteiger partial charge < -0.3 is 5.11 Å². The summed E-state index contributed by atoms with van der Waals surface area (Å²) >= 11 is 1.32. The molecule has 0 radical (unpaired) electrons. The zero-order valence-corrected chi connectivity index (χ0v) is 12.7. The first kappa shape index (κ1) is 15.9. The molecule has 7 heteroatoms. The van der Waals surface area contributed by atoms with E-state index in [4.69, 9.17) is 5.11 Å². The molecular formula is C14H21N3O3S. The summed E-state index contributed by atoms with van der Waals surface area (Å²) in [5, 5.41) is 10.9. The Morgan fingerprint density at radius 1 is 1.33 bits per heavy atom. The zero-order chi connectivity index (χ0) is 15.1. The normalized spacial score (nSPS) is 15.3. The topological polar surface area (TPSA) is 81.7 Å². The summed E-state index contributed by atoms with van der Waals surface area (Å²) in [4.78, 5) is 26.2. The molecule has 0 spiro atoms. The third kappa shape index (κ3) is 4.80. The van der Waals surface area contributed by atoms with Gasteiger partial charge in [-0.1, -0.05) is 18.9 Å². The lowest BCUT2D eigenvalue weighted by atomic mass is 10.2. The Labute approximate surface area is 128 Å². The molecule has 1 fully saturated rings. The number of thiophene rings is 1. The molecule has 0 aliphatic heterocycles. The predicted molar refractivity (Wildman–Crippen MR) is 80.8 cm³/mol. The summed E-state index contributed by atoms with van der Waals surface area (Å²) < 4.78 is 0. The first-order valence-electron chi connectivity index (χ1n) is 7.18. The van der Waals surface area contributed by atoms with Crippen LogP contribution in [0.3, 0.4) is 0 Å². The smallest absolute Gasteiger partial charge is 0.279 e. The summed E-state index contributed by atoms with van der Waals surface area (Å²) in [5.41, 5.74) is 4.83. The van der Waals surface area contributed by atoms with E-state index < -0.39 is 0 Å². The van der Waals surface area contributed by atoms with E-state index in [0.717, 1.165) is 12.8 Å². The second-order valence-corrected chi connectivity index (χ2v) is 6.06. The highest BCUT2D eigenvalue weighted by Gasteiger charge is 2.24. The van der Waals surface area contributed by atoms with E-state index in [9.17, 15) is 9.59 Å². The quantitative estimate of drug-likeness (QED) is 0.677. The molecule has 1 saturated carbocycles. The van der Waals surface area contributed by atoms with E-state index in [1.165, 1.54) is 24.2 Å². The highest BCUT2D eigenvalue weighted by molar-refractivity contribution is 7.12. The number of hydrogen-bond acceptors (Lipinski definition) is 5. The minimum absolute atomic E-state index is 0.0331. The third-order valence-corrected chi connectivity index (χ3v) is 4.50. The number of aliphatic hydroxyl groups is 1. The largest absolute Gasteiger partial charge is 0.395 e. The van der Waals surface area contributed by atoms with Crippen LogP contribution in [0.4, 0.5) is 0 Å². The van der Waals surface area contributed by atoms with Crippen LogP contribution in [0.1, 0.15) is 35.4 Å². The first-order chi connectivity index (χ1) is 10.2. The first-order valence-corrected chi connectivity index (χ1v) is 8.06. The average Bonchev–Trinajstić information content (AvgIpc) is 3.16. The Morgan fingerprint density at radius 2 is 2.10 bits per heavy atom. The van der Waals surface area contributed by atoms with Gasteiger partial charge in [0.05, 0.1) is 18.0 Å². The summed E-state index contributed by atoms with van der Waals surface area (Å²) in [6, 6.07) is 3.84. The van der Waals surface area contributed by atoms with Crippen LogP contribution in [0, 0.1) is 0 Å². The molecule has 1 aromatic heterocycles. The standard InChI is InChI=1S/C14H21N3O3S/c18-8-7-17(11-4-1-2-5-11)10-13(19)15-16-14(20)12-6-3-9-21-12/h3,6,9,11,18H,1-2,4-5,7-8,10H2,(H,15,19)(H,16,20). The average molecular weight is 311 g/mol. The fourth-order valence-corrected chi connectivity index (χ4v) is 3.23. The van der Waals surface area contributed by atoms with Crippen molar-refractivity contribution in [2.75, 3.05) is 19.7 Å². The number of carbonyl (C=O) groups is 2. The number of aliphatic hydroxyl groups excluding tert-OH is 1. The molecule has 0 unspecified atom stereocenters. The van der Waals surface area contributed by atoms with E-state index in [1.807, 2.05) is 4.90 Å². The van der Waals surface area contributed by atoms with E-state index >= 15 is 0 Å². The van der Waals surface area contributed by atoms with Gasteiger partial charge >= 0.3 is 0 Å². The number of nitrogens with one attached hydrogen (secondary N) is 2. The Hall–Kier alpha value is -1.44. The monoisotopic (exact) mass is 311 g/mol. The molecule has 0 bridgehead atoms. The van der Waals surface area contributed by atoms with Crippen molar-refractivity contribution < 1.29 is 14.7 Å². The highest BCUT2D eigenvalue weighted by Crippen LogP contribution is 2.22. The number of carbonyl (C=O) groups excluding carboxylic acids is 2. The lowest BCUT2D eigenvalue weighted by Crippen LogP contribution is -2.48. The van der Waals surface area contributed by atoms with Crippen molar-refractivity contribution in [1.82, 2.24) is 15.8 Å². The second kappa shape index (κ2) is 8.11. The van der Waals surface area contributed by atoms with Gasteiger partial charge in [-0.05, 0) is 24.3 Å². The zero-order valence-electron chi connectivity index (χ0n) is 11.9. The van der Waals surface area contributed by atoms with E-state index in [2.05, 4.69) is 10.9 Å². The van der Waals surface area contributed by atoms with Crippen molar-refractivity contribution in [2.24, 2.45) is 0 Å². The van der Waals surface area contributed by atoms with Crippen LogP contribution in [0.25, 0.3) is 0 Å². The van der Waals surface area contributed by atoms with Gasteiger partial charge in [-0.15, -0.1) is 11.3 Å². The van der Waals surface area contributed by atoms with Gasteiger partial charge in [0.1, 0.15) is 0 Å². The van der Waals surface area contributed by atoms with Crippen molar-refractivity contribution in [3.63, 3.8) is 0 Å². The van der Waals surface area contributed by atoms with E-state index in [1.54, 1.807) is 17.5 Å². The molecule has 1 aromatic rings. The number of nitrogens with zero attached hydrogens (tertiary/aromatic N) is 1. The Balaban J connectivity index is 1.77. The Kier molecular flexibility index (Phi) is 6.16. The fourth-order valence-electron chi connectivity index (χ4n) is 2.61. The Bertz CT molecular complexity index is 458. The molecule has 1 aliphatic rings. The summed E-state index contributed by atoms with van der Waals surface area (Å²) in [7, 11) is 0. The molecule has 0 atom stereocenters.